The molecule has 0 amide bonds. The molecule has 1 saturated heterocycles. The Labute approximate surface area is 229 Å². The van der Waals surface area contributed by atoms with Crippen LogP contribution in [0.5, 0.6) is 0 Å². The highest BCUT2D eigenvalue weighted by Crippen LogP contribution is 2.37. The van der Waals surface area contributed by atoms with Gasteiger partial charge in [-0.15, -0.1) is 0 Å². The second-order valence-corrected chi connectivity index (χ2v) is 12.2. The van der Waals surface area contributed by atoms with E-state index >= 15 is 0 Å². The van der Waals surface area contributed by atoms with E-state index in [-0.39, 0.29) is 11.2 Å². The summed E-state index contributed by atoms with van der Waals surface area (Å²) in [5.41, 5.74) is 8.21. The number of fused-ring (bicyclic) bond motifs is 1. The van der Waals surface area contributed by atoms with Gasteiger partial charge in [-0.3, -0.25) is 9.69 Å². The minimum absolute atomic E-state index is 0.179. The van der Waals surface area contributed by atoms with Gasteiger partial charge in [-0.2, -0.15) is 0 Å². The number of furan rings is 1. The van der Waals surface area contributed by atoms with Crippen LogP contribution in [-0.2, 0) is 19.4 Å². The zero-order valence-electron chi connectivity index (χ0n) is 22.4. The third-order valence-corrected chi connectivity index (χ3v) is 8.59. The number of carbonyl (C=O) groups is 1. The van der Waals surface area contributed by atoms with Gasteiger partial charge in [0.2, 0.25) is 0 Å². The van der Waals surface area contributed by atoms with Crippen LogP contribution >= 0.6 is 15.9 Å². The SMILES string of the molecule is Cc1cc2cc(CC(=O)c3ccc(Br)cc3CC3(C)CCN(Cc4ccc(C)c(C)c4)CC3)ccc2o1. The molecular formula is C33H36BrNO2. The Balaban J connectivity index is 1.27. The molecule has 0 radical (unpaired) electrons. The first-order valence-electron chi connectivity index (χ1n) is 13.3. The molecule has 2 heterocycles. The average molecular weight is 559 g/mol. The Hall–Kier alpha value is -2.69. The van der Waals surface area contributed by atoms with E-state index in [1.165, 1.54) is 16.7 Å². The second-order valence-electron chi connectivity index (χ2n) is 11.3. The van der Waals surface area contributed by atoms with Crippen LogP contribution in [0, 0.1) is 26.2 Å². The number of hydrogen-bond acceptors (Lipinski definition) is 3. The number of nitrogens with zero attached hydrogens (tertiary/aromatic N) is 1. The molecule has 3 aromatic carbocycles. The molecule has 192 valence electrons. The average Bonchev–Trinajstić information content (AvgIpc) is 3.22. The van der Waals surface area contributed by atoms with Crippen LogP contribution < -0.4 is 0 Å². The van der Waals surface area contributed by atoms with Crippen LogP contribution in [0.25, 0.3) is 11.0 Å². The molecule has 4 heteroatoms. The minimum atomic E-state index is 0.179. The molecule has 0 bridgehead atoms. The molecule has 3 nitrogen and oxygen atoms in total. The minimum Gasteiger partial charge on any atom is -0.461 e. The van der Waals surface area contributed by atoms with Crippen LogP contribution in [-0.4, -0.2) is 23.8 Å². The number of benzene rings is 3. The zero-order valence-corrected chi connectivity index (χ0v) is 24.0. The highest BCUT2D eigenvalue weighted by Gasteiger charge is 2.31. The standard InChI is InChI=1S/C33H36BrNO2/c1-22-5-6-26(15-23(22)2)21-35-13-11-33(4,12-14-35)20-28-19-29(34)8-9-30(28)31(36)18-25-7-10-32-27(17-25)16-24(3)37-32/h5-10,15-17,19H,11-14,18,20-21H2,1-4H3. The van der Waals surface area contributed by atoms with Crippen molar-refractivity contribution < 1.29 is 9.21 Å². The fraction of sp³-hybridized carbons (Fsp3) is 0.364. The molecule has 0 aliphatic carbocycles. The second kappa shape index (κ2) is 10.6. The van der Waals surface area contributed by atoms with Crippen LogP contribution in [0.1, 0.15) is 63.7 Å². The predicted molar refractivity (Wildman–Crippen MR) is 155 cm³/mol. The normalized spacial score (nSPS) is 15.8. The van der Waals surface area contributed by atoms with Crippen molar-refractivity contribution in [2.45, 2.75) is 59.9 Å². The van der Waals surface area contributed by atoms with Crippen LogP contribution in [0.15, 0.2) is 69.6 Å². The van der Waals surface area contributed by atoms with Gasteiger partial charge in [0.15, 0.2) is 5.78 Å². The van der Waals surface area contributed by atoms with Crippen molar-refractivity contribution >= 4 is 32.7 Å². The maximum Gasteiger partial charge on any atom is 0.167 e. The lowest BCUT2D eigenvalue weighted by Gasteiger charge is -2.40. The van der Waals surface area contributed by atoms with Crippen molar-refractivity contribution in [2.24, 2.45) is 5.41 Å². The van der Waals surface area contributed by atoms with Crippen molar-refractivity contribution in [1.29, 1.82) is 0 Å². The maximum absolute atomic E-state index is 13.5. The van der Waals surface area contributed by atoms with E-state index in [9.17, 15) is 4.79 Å². The fourth-order valence-electron chi connectivity index (χ4n) is 5.64. The summed E-state index contributed by atoms with van der Waals surface area (Å²) in [6.07, 6.45) is 3.59. The first-order valence-corrected chi connectivity index (χ1v) is 14.1. The topological polar surface area (TPSA) is 33.5 Å². The largest absolute Gasteiger partial charge is 0.461 e. The van der Waals surface area contributed by atoms with E-state index in [0.717, 1.165) is 76.8 Å². The van der Waals surface area contributed by atoms with E-state index in [1.807, 2.05) is 37.3 Å². The summed E-state index contributed by atoms with van der Waals surface area (Å²) in [5.74, 6) is 1.07. The summed E-state index contributed by atoms with van der Waals surface area (Å²) in [7, 11) is 0. The molecule has 0 atom stereocenters. The van der Waals surface area contributed by atoms with Crippen molar-refractivity contribution in [3.05, 3.63) is 104 Å². The summed E-state index contributed by atoms with van der Waals surface area (Å²) in [6, 6.07) is 21.1. The third-order valence-electron chi connectivity index (χ3n) is 8.09. The molecule has 0 saturated carbocycles. The van der Waals surface area contributed by atoms with Gasteiger partial charge in [0.25, 0.3) is 0 Å². The molecular weight excluding hydrogens is 522 g/mol. The number of likely N-dealkylation sites (tertiary alicyclic amines) is 1. The van der Waals surface area contributed by atoms with Crippen molar-refractivity contribution in [1.82, 2.24) is 4.90 Å². The van der Waals surface area contributed by atoms with E-state index in [0.29, 0.717) is 6.42 Å². The molecule has 1 fully saturated rings. The van der Waals surface area contributed by atoms with Gasteiger partial charge >= 0.3 is 0 Å². The number of piperidine rings is 1. The smallest absolute Gasteiger partial charge is 0.167 e. The van der Waals surface area contributed by atoms with Crippen molar-refractivity contribution in [2.75, 3.05) is 13.1 Å². The van der Waals surface area contributed by atoms with Crippen LogP contribution in [0.3, 0.4) is 0 Å². The molecule has 5 rings (SSSR count). The first-order chi connectivity index (χ1) is 17.7. The quantitative estimate of drug-likeness (QED) is 0.214. The summed E-state index contributed by atoms with van der Waals surface area (Å²) in [6.45, 7) is 11.9. The Morgan fingerprint density at radius 2 is 1.68 bits per heavy atom. The highest BCUT2D eigenvalue weighted by molar-refractivity contribution is 9.10. The molecule has 0 N–H and O–H groups in total. The van der Waals surface area contributed by atoms with Gasteiger partial charge in [0.1, 0.15) is 11.3 Å². The number of carbonyl (C=O) groups excluding carboxylic acids is 1. The van der Waals surface area contributed by atoms with Gasteiger partial charge < -0.3 is 4.42 Å². The van der Waals surface area contributed by atoms with E-state index < -0.39 is 0 Å². The van der Waals surface area contributed by atoms with Gasteiger partial charge in [-0.1, -0.05) is 53.2 Å². The summed E-state index contributed by atoms with van der Waals surface area (Å²) in [5, 5.41) is 1.05. The summed E-state index contributed by atoms with van der Waals surface area (Å²) in [4.78, 5) is 16.1. The Kier molecular flexibility index (Phi) is 7.42. The number of rotatable bonds is 7. The molecule has 4 aromatic rings. The van der Waals surface area contributed by atoms with Crippen LogP contribution in [0.4, 0.5) is 0 Å². The maximum atomic E-state index is 13.5. The lowest BCUT2D eigenvalue weighted by Crippen LogP contribution is -2.39. The fourth-order valence-corrected chi connectivity index (χ4v) is 6.05. The van der Waals surface area contributed by atoms with Gasteiger partial charge in [-0.25, -0.2) is 0 Å². The summed E-state index contributed by atoms with van der Waals surface area (Å²) >= 11 is 3.65. The van der Waals surface area contributed by atoms with Gasteiger partial charge in [-0.05, 0) is 117 Å². The lowest BCUT2D eigenvalue weighted by atomic mass is 9.74. The number of ketones is 1. The number of Topliss-reactive ketones (excluding diaryl/α,β-unsaturated/α-hetero) is 1. The van der Waals surface area contributed by atoms with E-state index in [1.54, 1.807) is 0 Å². The van der Waals surface area contributed by atoms with Crippen molar-refractivity contribution in [3.63, 3.8) is 0 Å². The lowest BCUT2D eigenvalue weighted by molar-refractivity contribution is 0.0986. The first kappa shape index (κ1) is 25.9. The van der Waals surface area contributed by atoms with E-state index in [4.69, 9.17) is 4.42 Å². The zero-order chi connectivity index (χ0) is 26.2. The Morgan fingerprint density at radius 1 is 0.919 bits per heavy atom. The van der Waals surface area contributed by atoms with Crippen molar-refractivity contribution in [3.8, 4) is 0 Å². The highest BCUT2D eigenvalue weighted by atomic mass is 79.9. The Bertz CT molecular complexity index is 1440. The molecule has 0 spiro atoms. The molecule has 1 aliphatic heterocycles. The summed E-state index contributed by atoms with van der Waals surface area (Å²) < 4.78 is 6.73. The Morgan fingerprint density at radius 3 is 2.43 bits per heavy atom. The number of halogens is 1. The molecule has 1 aromatic heterocycles. The predicted octanol–water partition coefficient (Wildman–Crippen LogP) is 8.39. The monoisotopic (exact) mass is 557 g/mol. The van der Waals surface area contributed by atoms with Gasteiger partial charge in [0, 0.05) is 28.4 Å². The van der Waals surface area contributed by atoms with Crippen LogP contribution in [0.2, 0.25) is 0 Å². The molecule has 0 unspecified atom stereocenters. The number of aryl methyl sites for hydroxylation is 3. The molecule has 37 heavy (non-hydrogen) atoms. The van der Waals surface area contributed by atoms with E-state index in [2.05, 4.69) is 71.9 Å². The molecule has 1 aliphatic rings. The number of hydrogen-bond donors (Lipinski definition) is 0. The van der Waals surface area contributed by atoms with Gasteiger partial charge in [0.05, 0.1) is 0 Å². The third kappa shape index (κ3) is 6.08.